The van der Waals surface area contributed by atoms with Crippen LogP contribution < -0.4 is 10.6 Å². The maximum atomic E-state index is 13.3. The van der Waals surface area contributed by atoms with Crippen LogP contribution >= 0.6 is 0 Å². The Morgan fingerprint density at radius 1 is 0.943 bits per heavy atom. The van der Waals surface area contributed by atoms with E-state index in [1.807, 2.05) is 42.3 Å². The first-order valence-electron chi connectivity index (χ1n) is 12.3. The number of anilines is 2. The molecule has 0 bridgehead atoms. The summed E-state index contributed by atoms with van der Waals surface area (Å²) >= 11 is 0. The highest BCUT2D eigenvalue weighted by atomic mass is 16.5. The number of aliphatic imine (C=N–C) groups is 1. The smallest absolute Gasteiger partial charge is 0.337 e. The van der Waals surface area contributed by atoms with Gasteiger partial charge in [-0.15, -0.1) is 0 Å². The van der Waals surface area contributed by atoms with Crippen LogP contribution in [0.4, 0.5) is 11.4 Å². The summed E-state index contributed by atoms with van der Waals surface area (Å²) in [6, 6.07) is 12.8. The van der Waals surface area contributed by atoms with Gasteiger partial charge in [-0.2, -0.15) is 0 Å². The van der Waals surface area contributed by atoms with Gasteiger partial charge in [0.05, 0.1) is 36.9 Å². The van der Waals surface area contributed by atoms with Crippen LogP contribution in [0.1, 0.15) is 66.8 Å². The fourth-order valence-corrected chi connectivity index (χ4v) is 3.47. The van der Waals surface area contributed by atoms with E-state index < -0.39 is 0 Å². The van der Waals surface area contributed by atoms with E-state index in [0.717, 1.165) is 42.9 Å². The topological polar surface area (TPSA) is 83.0 Å². The van der Waals surface area contributed by atoms with E-state index in [0.29, 0.717) is 29.5 Å². The molecule has 0 unspecified atom stereocenters. The molecular weight excluding hydrogens is 440 g/mol. The summed E-state index contributed by atoms with van der Waals surface area (Å²) in [5.74, 6) is 0.812. The number of esters is 1. The van der Waals surface area contributed by atoms with Crippen molar-refractivity contribution >= 4 is 29.6 Å². The predicted molar refractivity (Wildman–Crippen MR) is 144 cm³/mol. The summed E-state index contributed by atoms with van der Waals surface area (Å²) in [7, 11) is 3.20. The third kappa shape index (κ3) is 9.08. The second kappa shape index (κ2) is 14.1. The van der Waals surface area contributed by atoms with Gasteiger partial charge in [0, 0.05) is 25.7 Å². The highest BCUT2D eigenvalue weighted by Crippen LogP contribution is 2.24. The van der Waals surface area contributed by atoms with Gasteiger partial charge in [-0.1, -0.05) is 39.8 Å². The number of nitrogens with zero attached hydrogens (tertiary/aromatic N) is 2. The third-order valence-electron chi connectivity index (χ3n) is 5.74. The number of carbonyl (C=O) groups is 2. The monoisotopic (exact) mass is 480 g/mol. The molecule has 0 saturated carbocycles. The first-order valence-corrected chi connectivity index (χ1v) is 12.3. The number of hydrogen-bond donors (Lipinski definition) is 2. The predicted octanol–water partition coefficient (Wildman–Crippen LogP) is 5.69. The number of rotatable bonds is 13. The van der Waals surface area contributed by atoms with Crippen molar-refractivity contribution in [3.05, 3.63) is 59.2 Å². The molecule has 2 rings (SSSR count). The molecule has 0 spiro atoms. The minimum atomic E-state index is -0.355. The Kier molecular flexibility index (Phi) is 11.3. The van der Waals surface area contributed by atoms with Crippen LogP contribution in [0.2, 0.25) is 0 Å². The van der Waals surface area contributed by atoms with Crippen LogP contribution in [0.25, 0.3) is 0 Å². The zero-order valence-corrected chi connectivity index (χ0v) is 21.9. The zero-order valence-electron chi connectivity index (χ0n) is 21.9. The minimum absolute atomic E-state index is 0.0680. The quantitative estimate of drug-likeness (QED) is 0.219. The molecule has 0 radical (unpaired) electrons. The van der Waals surface area contributed by atoms with Crippen LogP contribution in [0, 0.1) is 11.8 Å². The molecule has 0 saturated heterocycles. The normalized spacial score (nSPS) is 11.2. The molecule has 1 amide bonds. The molecule has 2 aromatic carbocycles. The molecule has 0 fully saturated rings. The summed E-state index contributed by atoms with van der Waals surface area (Å²) in [6.07, 6.45) is 3.62. The number of ether oxygens (including phenoxy) is 1. The van der Waals surface area contributed by atoms with E-state index in [1.165, 1.54) is 7.11 Å². The Labute approximate surface area is 210 Å². The van der Waals surface area contributed by atoms with Gasteiger partial charge in [-0.05, 0) is 60.6 Å². The van der Waals surface area contributed by atoms with Crippen LogP contribution in [-0.4, -0.2) is 50.4 Å². The van der Waals surface area contributed by atoms with Gasteiger partial charge in [0.15, 0.2) is 0 Å². The van der Waals surface area contributed by atoms with Gasteiger partial charge >= 0.3 is 5.97 Å². The highest BCUT2D eigenvalue weighted by Gasteiger charge is 2.18. The lowest BCUT2D eigenvalue weighted by atomic mass is 10.1. The summed E-state index contributed by atoms with van der Waals surface area (Å²) in [5, 5.41) is 6.37. The third-order valence-corrected chi connectivity index (χ3v) is 5.74. The number of hydrogen-bond acceptors (Lipinski definition) is 5. The molecule has 0 aliphatic rings. The fraction of sp³-hybridized carbons (Fsp3) is 0.464. The summed E-state index contributed by atoms with van der Waals surface area (Å²) in [6.45, 7) is 10.7. The molecule has 0 aliphatic heterocycles. The molecule has 0 atom stereocenters. The maximum absolute atomic E-state index is 13.3. The standard InChI is InChI=1S/C28H40N4O3/c1-20(2)13-15-32(16-14-21(3)4)27(33)24-11-12-25(26(17-24)29-5)31-19-30-18-22-7-9-23(10-8-22)28(34)35-6/h7-12,17,19-21,29H,13-16,18H2,1-6H3,(H,30,31). The molecule has 2 N–H and O–H groups in total. The lowest BCUT2D eigenvalue weighted by Gasteiger charge is -2.25. The Morgan fingerprint density at radius 3 is 2.09 bits per heavy atom. The van der Waals surface area contributed by atoms with Gasteiger partial charge in [0.1, 0.15) is 0 Å². The highest BCUT2D eigenvalue weighted by molar-refractivity contribution is 5.97. The molecule has 0 aromatic heterocycles. The molecule has 7 heteroatoms. The van der Waals surface area contributed by atoms with E-state index >= 15 is 0 Å². The molecule has 0 heterocycles. The number of amides is 1. The lowest BCUT2D eigenvalue weighted by molar-refractivity contribution is 0.0600. The largest absolute Gasteiger partial charge is 0.465 e. The molecule has 0 aliphatic carbocycles. The molecule has 7 nitrogen and oxygen atoms in total. The number of carbonyl (C=O) groups excluding carboxylic acids is 2. The van der Waals surface area contributed by atoms with E-state index in [2.05, 4.69) is 43.3 Å². The summed E-state index contributed by atoms with van der Waals surface area (Å²) < 4.78 is 4.72. The Balaban J connectivity index is 2.04. The van der Waals surface area contributed by atoms with Crippen molar-refractivity contribution in [1.29, 1.82) is 0 Å². The Morgan fingerprint density at radius 2 is 1.54 bits per heavy atom. The number of nitrogens with one attached hydrogen (secondary N) is 2. The van der Waals surface area contributed by atoms with Crippen molar-refractivity contribution in [2.24, 2.45) is 16.8 Å². The minimum Gasteiger partial charge on any atom is -0.465 e. The summed E-state index contributed by atoms with van der Waals surface area (Å²) in [4.78, 5) is 31.2. The number of methoxy groups -OCH3 is 1. The molecule has 2 aromatic rings. The second-order valence-corrected chi connectivity index (χ2v) is 9.47. The Bertz CT molecular complexity index is 972. The zero-order chi connectivity index (χ0) is 25.8. The van der Waals surface area contributed by atoms with Gasteiger partial charge in [-0.3, -0.25) is 9.79 Å². The molecule has 190 valence electrons. The van der Waals surface area contributed by atoms with Crippen LogP contribution in [0.5, 0.6) is 0 Å². The van der Waals surface area contributed by atoms with Crippen molar-refractivity contribution in [3.8, 4) is 0 Å². The lowest BCUT2D eigenvalue weighted by Crippen LogP contribution is -2.34. The molecule has 35 heavy (non-hydrogen) atoms. The Hall–Kier alpha value is -3.35. The van der Waals surface area contributed by atoms with Crippen molar-refractivity contribution in [1.82, 2.24) is 4.90 Å². The van der Waals surface area contributed by atoms with Crippen molar-refractivity contribution in [2.75, 3.05) is 37.9 Å². The first kappa shape index (κ1) is 27.9. The molecular formula is C28H40N4O3. The van der Waals surface area contributed by atoms with Gasteiger partial charge in [0.2, 0.25) is 0 Å². The second-order valence-electron chi connectivity index (χ2n) is 9.47. The van der Waals surface area contributed by atoms with Crippen LogP contribution in [-0.2, 0) is 11.3 Å². The average molecular weight is 481 g/mol. The first-order chi connectivity index (χ1) is 16.7. The average Bonchev–Trinajstić information content (AvgIpc) is 2.85. The maximum Gasteiger partial charge on any atom is 0.337 e. The van der Waals surface area contributed by atoms with Gasteiger partial charge in [-0.25, -0.2) is 4.79 Å². The van der Waals surface area contributed by atoms with Crippen LogP contribution in [0.3, 0.4) is 0 Å². The fourth-order valence-electron chi connectivity index (χ4n) is 3.47. The summed E-state index contributed by atoms with van der Waals surface area (Å²) in [5.41, 5.74) is 3.84. The van der Waals surface area contributed by atoms with E-state index in [9.17, 15) is 9.59 Å². The van der Waals surface area contributed by atoms with Crippen molar-refractivity contribution < 1.29 is 14.3 Å². The van der Waals surface area contributed by atoms with E-state index in [1.54, 1.807) is 18.5 Å². The van der Waals surface area contributed by atoms with Crippen LogP contribution in [0.15, 0.2) is 47.5 Å². The van der Waals surface area contributed by atoms with Gasteiger partial charge in [0.25, 0.3) is 5.91 Å². The van der Waals surface area contributed by atoms with E-state index in [-0.39, 0.29) is 11.9 Å². The van der Waals surface area contributed by atoms with Crippen molar-refractivity contribution in [2.45, 2.75) is 47.1 Å². The van der Waals surface area contributed by atoms with E-state index in [4.69, 9.17) is 4.74 Å². The van der Waals surface area contributed by atoms with Gasteiger partial charge < -0.3 is 20.3 Å². The number of benzene rings is 2. The van der Waals surface area contributed by atoms with Crippen molar-refractivity contribution in [3.63, 3.8) is 0 Å². The SMILES string of the molecule is CNc1cc(C(=O)N(CCC(C)C)CCC(C)C)ccc1NC=NCc1ccc(C(=O)OC)cc1.